The van der Waals surface area contributed by atoms with E-state index in [4.69, 9.17) is 16.9 Å². The lowest BCUT2D eigenvalue weighted by molar-refractivity contribution is 1.28. The molecule has 0 aliphatic rings. The van der Waals surface area contributed by atoms with Crippen LogP contribution in [0, 0.1) is 11.3 Å². The molecule has 4 heteroatoms. The van der Waals surface area contributed by atoms with E-state index < -0.39 is 0 Å². The summed E-state index contributed by atoms with van der Waals surface area (Å²) >= 11 is 7.26. The van der Waals surface area contributed by atoms with E-state index in [9.17, 15) is 0 Å². The van der Waals surface area contributed by atoms with Crippen molar-refractivity contribution in [3.05, 3.63) is 51.4 Å². The fraction of sp³-hybridized carbons (Fsp3) is 0. The molecular weight excluding hydrogens is 240 g/mol. The van der Waals surface area contributed by atoms with Crippen LogP contribution in [-0.2, 0) is 0 Å². The Morgan fingerprint density at radius 2 is 2.25 bits per heavy atom. The van der Waals surface area contributed by atoms with Crippen LogP contribution in [0.4, 0.5) is 0 Å². The molecule has 0 saturated carbocycles. The second-order valence-corrected chi connectivity index (χ2v) is 4.77. The minimum Gasteiger partial charge on any atom is -0.256 e. The van der Waals surface area contributed by atoms with Crippen molar-refractivity contribution in [2.75, 3.05) is 0 Å². The number of pyridine rings is 1. The SMILES string of the molecule is N#C/C(=C\c1ccc(Cl)s1)c1ccccn1. The van der Waals surface area contributed by atoms with Gasteiger partial charge in [-0.25, -0.2) is 0 Å². The molecule has 0 unspecified atom stereocenters. The van der Waals surface area contributed by atoms with E-state index in [1.54, 1.807) is 12.3 Å². The van der Waals surface area contributed by atoms with E-state index in [-0.39, 0.29) is 0 Å². The van der Waals surface area contributed by atoms with Gasteiger partial charge in [0.2, 0.25) is 0 Å². The number of aromatic nitrogens is 1. The molecule has 16 heavy (non-hydrogen) atoms. The van der Waals surface area contributed by atoms with E-state index in [1.807, 2.05) is 30.3 Å². The summed E-state index contributed by atoms with van der Waals surface area (Å²) in [5, 5.41) is 9.06. The number of rotatable bonds is 2. The molecule has 78 valence electrons. The van der Waals surface area contributed by atoms with Gasteiger partial charge in [-0.1, -0.05) is 17.7 Å². The summed E-state index contributed by atoms with van der Waals surface area (Å²) in [6.45, 7) is 0. The summed E-state index contributed by atoms with van der Waals surface area (Å²) in [6, 6.07) is 11.3. The fourth-order valence-electron chi connectivity index (χ4n) is 1.23. The highest BCUT2D eigenvalue weighted by molar-refractivity contribution is 7.17. The predicted octanol–water partition coefficient (Wildman–Crippen LogP) is 3.86. The van der Waals surface area contributed by atoms with Crippen molar-refractivity contribution in [1.82, 2.24) is 4.98 Å². The molecule has 0 amide bonds. The predicted molar refractivity (Wildman–Crippen MR) is 67.1 cm³/mol. The summed E-state index contributed by atoms with van der Waals surface area (Å²) in [4.78, 5) is 5.08. The van der Waals surface area contributed by atoms with Crippen LogP contribution < -0.4 is 0 Å². The average molecular weight is 247 g/mol. The van der Waals surface area contributed by atoms with Crippen LogP contribution in [0.25, 0.3) is 11.6 Å². The topological polar surface area (TPSA) is 36.7 Å². The van der Waals surface area contributed by atoms with Gasteiger partial charge in [-0.15, -0.1) is 11.3 Å². The Morgan fingerprint density at radius 1 is 1.38 bits per heavy atom. The maximum atomic E-state index is 9.06. The van der Waals surface area contributed by atoms with Crippen molar-refractivity contribution in [3.63, 3.8) is 0 Å². The highest BCUT2D eigenvalue weighted by Crippen LogP contribution is 2.25. The standard InChI is InChI=1S/C12H7ClN2S/c13-12-5-4-10(16-12)7-9(8-14)11-3-1-2-6-15-11/h1-7H/b9-7+. The third kappa shape index (κ3) is 2.48. The first-order valence-corrected chi connectivity index (χ1v) is 5.77. The van der Waals surface area contributed by atoms with Crippen molar-refractivity contribution in [2.24, 2.45) is 0 Å². The normalized spacial score (nSPS) is 11.1. The molecular formula is C12H7ClN2S. The van der Waals surface area contributed by atoms with Crippen LogP contribution in [0.15, 0.2) is 36.5 Å². The molecule has 0 spiro atoms. The molecule has 0 bridgehead atoms. The van der Waals surface area contributed by atoms with Gasteiger partial charge >= 0.3 is 0 Å². The van der Waals surface area contributed by atoms with E-state index in [0.29, 0.717) is 15.6 Å². The minimum absolute atomic E-state index is 0.541. The molecule has 0 atom stereocenters. The number of hydrogen-bond donors (Lipinski definition) is 0. The molecule has 2 rings (SSSR count). The van der Waals surface area contributed by atoms with E-state index in [2.05, 4.69) is 11.1 Å². The van der Waals surface area contributed by atoms with Gasteiger partial charge in [-0.2, -0.15) is 5.26 Å². The lowest BCUT2D eigenvalue weighted by Crippen LogP contribution is -1.84. The Hall–Kier alpha value is -1.63. The Balaban J connectivity index is 2.38. The van der Waals surface area contributed by atoms with Crippen molar-refractivity contribution < 1.29 is 0 Å². The maximum absolute atomic E-state index is 9.06. The van der Waals surface area contributed by atoms with Crippen molar-refractivity contribution in [1.29, 1.82) is 5.26 Å². The second-order valence-electron chi connectivity index (χ2n) is 3.03. The van der Waals surface area contributed by atoms with Crippen molar-refractivity contribution in [2.45, 2.75) is 0 Å². The quantitative estimate of drug-likeness (QED) is 0.755. The molecule has 0 saturated heterocycles. The highest BCUT2D eigenvalue weighted by atomic mass is 35.5. The van der Waals surface area contributed by atoms with Crippen LogP contribution in [0.2, 0.25) is 4.34 Å². The van der Waals surface area contributed by atoms with Crippen LogP contribution >= 0.6 is 22.9 Å². The number of nitrogens with zero attached hydrogens (tertiary/aromatic N) is 2. The lowest BCUT2D eigenvalue weighted by Gasteiger charge is -1.95. The van der Waals surface area contributed by atoms with E-state index >= 15 is 0 Å². The third-order valence-corrected chi connectivity index (χ3v) is 3.12. The zero-order chi connectivity index (χ0) is 11.4. The second kappa shape index (κ2) is 4.93. The number of hydrogen-bond acceptors (Lipinski definition) is 3. The first kappa shape index (κ1) is 10.9. The first-order valence-electron chi connectivity index (χ1n) is 4.58. The smallest absolute Gasteiger partial charge is 0.101 e. The van der Waals surface area contributed by atoms with Crippen LogP contribution in [0.3, 0.4) is 0 Å². The van der Waals surface area contributed by atoms with Gasteiger partial charge in [0.05, 0.1) is 15.6 Å². The van der Waals surface area contributed by atoms with Crippen molar-refractivity contribution >= 4 is 34.6 Å². The molecule has 2 nitrogen and oxygen atoms in total. The minimum atomic E-state index is 0.541. The average Bonchev–Trinajstić information content (AvgIpc) is 2.73. The molecule has 0 aliphatic carbocycles. The zero-order valence-electron chi connectivity index (χ0n) is 8.22. The first-order chi connectivity index (χ1) is 7.79. The summed E-state index contributed by atoms with van der Waals surface area (Å²) < 4.78 is 0.713. The zero-order valence-corrected chi connectivity index (χ0v) is 9.79. The number of thiophene rings is 1. The summed E-state index contributed by atoms with van der Waals surface area (Å²) in [7, 11) is 0. The molecule has 0 radical (unpaired) electrons. The molecule has 0 fully saturated rings. The number of allylic oxidation sites excluding steroid dienone is 1. The summed E-state index contributed by atoms with van der Waals surface area (Å²) in [5.74, 6) is 0. The molecule has 0 aliphatic heterocycles. The van der Waals surface area contributed by atoms with Crippen LogP contribution in [-0.4, -0.2) is 4.98 Å². The van der Waals surface area contributed by atoms with Crippen LogP contribution in [0.1, 0.15) is 10.6 Å². The van der Waals surface area contributed by atoms with Gasteiger partial charge < -0.3 is 0 Å². The van der Waals surface area contributed by atoms with Gasteiger partial charge in [0.1, 0.15) is 6.07 Å². The highest BCUT2D eigenvalue weighted by Gasteiger charge is 2.02. The van der Waals surface area contributed by atoms with Gasteiger partial charge in [0.25, 0.3) is 0 Å². The maximum Gasteiger partial charge on any atom is 0.101 e. The number of nitriles is 1. The van der Waals surface area contributed by atoms with E-state index in [1.165, 1.54) is 11.3 Å². The van der Waals surface area contributed by atoms with Crippen molar-refractivity contribution in [3.8, 4) is 6.07 Å². The third-order valence-electron chi connectivity index (χ3n) is 1.94. The van der Waals surface area contributed by atoms with Crippen LogP contribution in [0.5, 0.6) is 0 Å². The Bertz CT molecular complexity index is 552. The van der Waals surface area contributed by atoms with Gasteiger partial charge in [-0.05, 0) is 30.3 Å². The van der Waals surface area contributed by atoms with Gasteiger partial charge in [0.15, 0.2) is 0 Å². The monoisotopic (exact) mass is 246 g/mol. The fourth-order valence-corrected chi connectivity index (χ4v) is 2.24. The Morgan fingerprint density at radius 3 is 2.81 bits per heavy atom. The molecule has 2 heterocycles. The summed E-state index contributed by atoms with van der Waals surface area (Å²) in [6.07, 6.45) is 3.46. The largest absolute Gasteiger partial charge is 0.256 e. The Labute approximate surface area is 102 Å². The summed E-state index contributed by atoms with van der Waals surface area (Å²) in [5.41, 5.74) is 1.22. The van der Waals surface area contributed by atoms with Gasteiger partial charge in [0, 0.05) is 11.1 Å². The van der Waals surface area contributed by atoms with Gasteiger partial charge in [-0.3, -0.25) is 4.98 Å². The molecule has 0 N–H and O–H groups in total. The lowest BCUT2D eigenvalue weighted by atomic mass is 10.1. The molecule has 2 aromatic rings. The molecule has 0 aromatic carbocycles. The number of halogens is 1. The Kier molecular flexibility index (Phi) is 3.35. The molecule has 2 aromatic heterocycles. The van der Waals surface area contributed by atoms with E-state index in [0.717, 1.165) is 4.88 Å².